The van der Waals surface area contributed by atoms with Crippen molar-refractivity contribution in [3.63, 3.8) is 0 Å². The Hall–Kier alpha value is -1.38. The van der Waals surface area contributed by atoms with Crippen molar-refractivity contribution in [2.24, 2.45) is 0 Å². The van der Waals surface area contributed by atoms with Crippen molar-refractivity contribution in [1.29, 1.82) is 0 Å². The number of amides is 2. The molecule has 0 fully saturated rings. The van der Waals surface area contributed by atoms with Crippen LogP contribution in [0, 0.1) is 0 Å². The minimum absolute atomic E-state index is 0.135. The minimum atomic E-state index is -0.633. The van der Waals surface area contributed by atoms with Gasteiger partial charge in [0.25, 0.3) is 5.91 Å². The third-order valence-electron chi connectivity index (χ3n) is 3.87. The van der Waals surface area contributed by atoms with Crippen LogP contribution in [0.4, 0.5) is 0 Å². The Balaban J connectivity index is 1.64. The number of rotatable bonds is 4. The summed E-state index contributed by atoms with van der Waals surface area (Å²) in [6, 6.07) is 8.51. The van der Waals surface area contributed by atoms with Gasteiger partial charge in [0.05, 0.1) is 21.3 Å². The minimum Gasteiger partial charge on any atom is -0.493 e. The van der Waals surface area contributed by atoms with Crippen LogP contribution in [0.3, 0.4) is 0 Å². The van der Waals surface area contributed by atoms with E-state index in [9.17, 15) is 9.59 Å². The fourth-order valence-corrected chi connectivity index (χ4v) is 4.25. The van der Waals surface area contributed by atoms with Gasteiger partial charge in [0, 0.05) is 16.5 Å². The highest BCUT2D eigenvalue weighted by molar-refractivity contribution is 9.11. The molecule has 1 aliphatic heterocycles. The standard InChI is InChI=1S/C17H16Br2N2O3S/c1-9(20-17(23)14-4-5-15(19)25-14)16(22)21-12-6-7-24-13-3-2-10(18)8-11(12)13/h2-5,8-9,12H,6-7H2,1H3,(H,20,23)(H,21,22). The van der Waals surface area contributed by atoms with Crippen LogP contribution < -0.4 is 15.4 Å². The molecule has 5 nitrogen and oxygen atoms in total. The maximum atomic E-state index is 12.5. The molecule has 0 spiro atoms. The summed E-state index contributed by atoms with van der Waals surface area (Å²) in [7, 11) is 0. The molecule has 0 saturated carbocycles. The van der Waals surface area contributed by atoms with Gasteiger partial charge in [-0.25, -0.2) is 0 Å². The summed E-state index contributed by atoms with van der Waals surface area (Å²) in [6.45, 7) is 2.22. The third-order valence-corrected chi connectivity index (χ3v) is 5.98. The topological polar surface area (TPSA) is 67.4 Å². The van der Waals surface area contributed by atoms with Crippen molar-refractivity contribution in [2.45, 2.75) is 25.4 Å². The molecule has 1 aromatic carbocycles. The average Bonchev–Trinajstić information content (AvgIpc) is 3.02. The highest BCUT2D eigenvalue weighted by Crippen LogP contribution is 2.34. The molecule has 0 aliphatic carbocycles. The van der Waals surface area contributed by atoms with E-state index in [1.54, 1.807) is 19.1 Å². The molecule has 3 rings (SSSR count). The van der Waals surface area contributed by atoms with E-state index in [2.05, 4.69) is 42.5 Å². The third kappa shape index (κ3) is 4.43. The average molecular weight is 488 g/mol. The van der Waals surface area contributed by atoms with Crippen LogP contribution in [-0.2, 0) is 4.79 Å². The normalized spacial score (nSPS) is 17.2. The van der Waals surface area contributed by atoms with Crippen molar-refractivity contribution in [3.05, 3.63) is 49.0 Å². The molecule has 2 heterocycles. The van der Waals surface area contributed by atoms with Gasteiger partial charge in [0.2, 0.25) is 5.91 Å². The zero-order chi connectivity index (χ0) is 18.0. The number of thiophene rings is 1. The molecular formula is C17H16Br2N2O3S. The zero-order valence-corrected chi connectivity index (χ0v) is 17.3. The van der Waals surface area contributed by atoms with Gasteiger partial charge in [0.1, 0.15) is 11.8 Å². The Bertz CT molecular complexity index is 809. The molecule has 1 aromatic heterocycles. The number of carbonyl (C=O) groups is 2. The largest absolute Gasteiger partial charge is 0.493 e. The van der Waals surface area contributed by atoms with Crippen LogP contribution in [-0.4, -0.2) is 24.5 Å². The van der Waals surface area contributed by atoms with Crippen LogP contribution in [0.2, 0.25) is 0 Å². The van der Waals surface area contributed by atoms with Gasteiger partial charge in [-0.2, -0.15) is 0 Å². The SMILES string of the molecule is CC(NC(=O)c1ccc(Br)s1)C(=O)NC1CCOc2ccc(Br)cc21. The Morgan fingerprint density at radius 3 is 2.80 bits per heavy atom. The first-order valence-electron chi connectivity index (χ1n) is 7.73. The number of hydrogen-bond donors (Lipinski definition) is 2. The number of benzene rings is 1. The van der Waals surface area contributed by atoms with Gasteiger partial charge in [-0.05, 0) is 53.2 Å². The predicted molar refractivity (Wildman–Crippen MR) is 104 cm³/mol. The molecule has 2 amide bonds. The first-order valence-corrected chi connectivity index (χ1v) is 10.1. The summed E-state index contributed by atoms with van der Waals surface area (Å²) in [4.78, 5) is 25.2. The van der Waals surface area contributed by atoms with E-state index in [1.165, 1.54) is 11.3 Å². The quantitative estimate of drug-likeness (QED) is 0.684. The van der Waals surface area contributed by atoms with Gasteiger partial charge in [-0.1, -0.05) is 15.9 Å². The van der Waals surface area contributed by atoms with Gasteiger partial charge in [-0.3, -0.25) is 9.59 Å². The smallest absolute Gasteiger partial charge is 0.262 e. The first-order chi connectivity index (χ1) is 11.9. The van der Waals surface area contributed by atoms with Crippen LogP contribution in [0.25, 0.3) is 0 Å². The number of halogens is 2. The Kier molecular flexibility index (Phi) is 5.81. The second-order valence-electron chi connectivity index (χ2n) is 5.68. The molecule has 2 aromatic rings. The van der Waals surface area contributed by atoms with E-state index in [-0.39, 0.29) is 17.9 Å². The second-order valence-corrected chi connectivity index (χ2v) is 9.06. The molecule has 1 aliphatic rings. The molecular weight excluding hydrogens is 472 g/mol. The fourth-order valence-electron chi connectivity index (χ4n) is 2.58. The van der Waals surface area contributed by atoms with Crippen LogP contribution in [0.1, 0.15) is 34.6 Å². The Morgan fingerprint density at radius 1 is 1.28 bits per heavy atom. The van der Waals surface area contributed by atoms with E-state index in [0.29, 0.717) is 17.9 Å². The van der Waals surface area contributed by atoms with Crippen LogP contribution in [0.5, 0.6) is 5.75 Å². The van der Waals surface area contributed by atoms with Crippen molar-refractivity contribution in [1.82, 2.24) is 10.6 Å². The van der Waals surface area contributed by atoms with Gasteiger partial charge < -0.3 is 15.4 Å². The van der Waals surface area contributed by atoms with Crippen molar-refractivity contribution < 1.29 is 14.3 Å². The lowest BCUT2D eigenvalue weighted by Gasteiger charge is -2.28. The monoisotopic (exact) mass is 486 g/mol. The van der Waals surface area contributed by atoms with Crippen molar-refractivity contribution >= 4 is 55.0 Å². The lowest BCUT2D eigenvalue weighted by atomic mass is 10.0. The van der Waals surface area contributed by atoms with Gasteiger partial charge in [-0.15, -0.1) is 11.3 Å². The molecule has 2 unspecified atom stereocenters. The summed E-state index contributed by atoms with van der Waals surface area (Å²) >= 11 is 8.10. The number of nitrogens with one attached hydrogen (secondary N) is 2. The molecule has 132 valence electrons. The maximum absolute atomic E-state index is 12.5. The molecule has 0 bridgehead atoms. The second kappa shape index (κ2) is 7.88. The molecule has 25 heavy (non-hydrogen) atoms. The zero-order valence-electron chi connectivity index (χ0n) is 13.3. The number of carbonyl (C=O) groups excluding carboxylic acids is 2. The predicted octanol–water partition coefficient (Wildman–Crippen LogP) is 4.03. The molecule has 8 heteroatoms. The number of ether oxygens (including phenoxy) is 1. The summed E-state index contributed by atoms with van der Waals surface area (Å²) in [5.74, 6) is 0.301. The van der Waals surface area contributed by atoms with Crippen LogP contribution >= 0.6 is 43.2 Å². The summed E-state index contributed by atoms with van der Waals surface area (Å²) in [6.07, 6.45) is 0.688. The van der Waals surface area contributed by atoms with E-state index < -0.39 is 6.04 Å². The molecule has 0 saturated heterocycles. The maximum Gasteiger partial charge on any atom is 0.262 e. The molecule has 2 atom stereocenters. The van der Waals surface area contributed by atoms with Crippen molar-refractivity contribution in [2.75, 3.05) is 6.61 Å². The number of hydrogen-bond acceptors (Lipinski definition) is 4. The Morgan fingerprint density at radius 2 is 2.08 bits per heavy atom. The fraction of sp³-hybridized carbons (Fsp3) is 0.294. The highest BCUT2D eigenvalue weighted by atomic mass is 79.9. The van der Waals surface area contributed by atoms with Gasteiger partial charge in [0.15, 0.2) is 0 Å². The lowest BCUT2D eigenvalue weighted by molar-refractivity contribution is -0.123. The Labute approximate surface area is 166 Å². The van der Waals surface area contributed by atoms with Gasteiger partial charge >= 0.3 is 0 Å². The van der Waals surface area contributed by atoms with Crippen LogP contribution in [0.15, 0.2) is 38.6 Å². The molecule has 0 radical (unpaired) electrons. The van der Waals surface area contributed by atoms with E-state index >= 15 is 0 Å². The van der Waals surface area contributed by atoms with E-state index in [4.69, 9.17) is 4.74 Å². The number of fused-ring (bicyclic) bond motifs is 1. The van der Waals surface area contributed by atoms with E-state index in [0.717, 1.165) is 19.6 Å². The first kappa shape index (κ1) is 18.4. The van der Waals surface area contributed by atoms with E-state index in [1.807, 2.05) is 18.2 Å². The van der Waals surface area contributed by atoms with Crippen molar-refractivity contribution in [3.8, 4) is 5.75 Å². The summed E-state index contributed by atoms with van der Waals surface area (Å²) < 4.78 is 7.44. The molecule has 2 N–H and O–H groups in total. The summed E-state index contributed by atoms with van der Waals surface area (Å²) in [5.41, 5.74) is 0.940. The highest BCUT2D eigenvalue weighted by Gasteiger charge is 2.26. The lowest BCUT2D eigenvalue weighted by Crippen LogP contribution is -2.46. The summed E-state index contributed by atoms with van der Waals surface area (Å²) in [5, 5.41) is 5.74.